The Hall–Kier alpha value is -1.24. The van der Waals surface area contributed by atoms with Gasteiger partial charge in [-0.15, -0.1) is 0 Å². The highest BCUT2D eigenvalue weighted by Gasteiger charge is 2.49. The van der Waals surface area contributed by atoms with Gasteiger partial charge in [0.25, 0.3) is 0 Å². The maximum Gasteiger partial charge on any atom is 0.142 e. The Kier molecular flexibility index (Phi) is 2.93. The molecule has 2 fully saturated rings. The number of nitrogens with zero attached hydrogens (tertiary/aromatic N) is 2. The van der Waals surface area contributed by atoms with Crippen molar-refractivity contribution in [3.8, 4) is 6.07 Å². The lowest BCUT2D eigenvalue weighted by Crippen LogP contribution is -2.46. The van der Waals surface area contributed by atoms with E-state index in [4.69, 9.17) is 11.6 Å². The van der Waals surface area contributed by atoms with Crippen LogP contribution in [0, 0.1) is 11.3 Å². The normalized spacial score (nSPS) is 31.0. The monoisotopic (exact) mass is 261 g/mol. The minimum Gasteiger partial charge on any atom is -0.365 e. The average Bonchev–Trinajstić information content (AvgIpc) is 2.96. The quantitative estimate of drug-likeness (QED) is 0.890. The third kappa shape index (κ3) is 1.77. The van der Waals surface area contributed by atoms with E-state index < -0.39 is 5.54 Å². The Bertz CT molecular complexity index is 496. The predicted molar refractivity (Wildman–Crippen MR) is 72.6 cm³/mol. The number of anilines is 1. The van der Waals surface area contributed by atoms with Crippen molar-refractivity contribution in [1.29, 1.82) is 5.26 Å². The van der Waals surface area contributed by atoms with Crippen molar-refractivity contribution in [3.05, 3.63) is 29.3 Å². The van der Waals surface area contributed by atoms with Crippen molar-refractivity contribution in [2.24, 2.45) is 0 Å². The molecule has 2 saturated heterocycles. The maximum absolute atomic E-state index is 9.63. The van der Waals surface area contributed by atoms with E-state index in [9.17, 15) is 5.26 Å². The van der Waals surface area contributed by atoms with Crippen LogP contribution in [0.25, 0.3) is 0 Å². The molecule has 18 heavy (non-hydrogen) atoms. The van der Waals surface area contributed by atoms with Gasteiger partial charge in [-0.3, -0.25) is 4.90 Å². The molecule has 2 atom stereocenters. The average molecular weight is 262 g/mol. The third-order valence-corrected chi connectivity index (χ3v) is 4.49. The Morgan fingerprint density at radius 3 is 3.00 bits per heavy atom. The first kappa shape index (κ1) is 11.8. The number of benzene rings is 1. The van der Waals surface area contributed by atoms with Crippen LogP contribution in [-0.2, 0) is 0 Å². The van der Waals surface area contributed by atoms with Crippen molar-refractivity contribution in [2.75, 3.05) is 18.4 Å². The lowest BCUT2D eigenvalue weighted by atomic mass is 9.90. The van der Waals surface area contributed by atoms with E-state index in [2.05, 4.69) is 16.3 Å². The standard InChI is InChI=1S/C14H16ClN3/c15-11-4-1-2-5-12(11)17-14(10-16)7-9-18-8-3-6-13(14)18/h1-2,4-5,13,17H,3,6-9H2. The van der Waals surface area contributed by atoms with Gasteiger partial charge in [0.2, 0.25) is 0 Å². The summed E-state index contributed by atoms with van der Waals surface area (Å²) in [5.41, 5.74) is 0.399. The molecular formula is C14H16ClN3. The molecule has 2 aliphatic rings. The fourth-order valence-electron chi connectivity index (χ4n) is 3.25. The van der Waals surface area contributed by atoms with Crippen LogP contribution in [0.2, 0.25) is 5.02 Å². The number of para-hydroxylation sites is 1. The van der Waals surface area contributed by atoms with Gasteiger partial charge >= 0.3 is 0 Å². The molecule has 3 nitrogen and oxygen atoms in total. The number of nitriles is 1. The molecule has 2 aliphatic heterocycles. The van der Waals surface area contributed by atoms with Crippen molar-refractivity contribution in [3.63, 3.8) is 0 Å². The van der Waals surface area contributed by atoms with Crippen molar-refractivity contribution in [1.82, 2.24) is 4.90 Å². The first-order valence-corrected chi connectivity index (χ1v) is 6.81. The fourth-order valence-corrected chi connectivity index (χ4v) is 3.43. The zero-order chi connectivity index (χ0) is 12.6. The van der Waals surface area contributed by atoms with Gasteiger partial charge in [0, 0.05) is 12.6 Å². The van der Waals surface area contributed by atoms with Gasteiger partial charge in [-0.1, -0.05) is 23.7 Å². The summed E-state index contributed by atoms with van der Waals surface area (Å²) >= 11 is 6.18. The fraction of sp³-hybridized carbons (Fsp3) is 0.500. The number of fused-ring (bicyclic) bond motifs is 1. The minimum absolute atomic E-state index is 0.332. The Labute approximate surface area is 112 Å². The number of hydrogen-bond acceptors (Lipinski definition) is 3. The van der Waals surface area contributed by atoms with Gasteiger partial charge < -0.3 is 5.32 Å². The van der Waals surface area contributed by atoms with Crippen molar-refractivity contribution >= 4 is 17.3 Å². The van der Waals surface area contributed by atoms with Crippen molar-refractivity contribution < 1.29 is 0 Å². The van der Waals surface area contributed by atoms with E-state index in [1.807, 2.05) is 24.3 Å². The van der Waals surface area contributed by atoms with Crippen LogP contribution in [-0.4, -0.2) is 29.6 Å². The second kappa shape index (κ2) is 4.46. The summed E-state index contributed by atoms with van der Waals surface area (Å²) in [6, 6.07) is 10.5. The zero-order valence-corrected chi connectivity index (χ0v) is 11.0. The van der Waals surface area contributed by atoms with E-state index in [1.54, 1.807) is 0 Å². The van der Waals surface area contributed by atoms with E-state index in [1.165, 1.54) is 6.42 Å². The molecule has 1 N–H and O–H groups in total. The topological polar surface area (TPSA) is 39.1 Å². The molecule has 0 aromatic heterocycles. The lowest BCUT2D eigenvalue weighted by molar-refractivity contribution is 0.301. The summed E-state index contributed by atoms with van der Waals surface area (Å²) in [5.74, 6) is 0. The van der Waals surface area contributed by atoms with Gasteiger partial charge in [0.15, 0.2) is 0 Å². The molecule has 0 saturated carbocycles. The molecule has 0 aliphatic carbocycles. The Balaban J connectivity index is 1.90. The van der Waals surface area contributed by atoms with Crippen LogP contribution in [0.3, 0.4) is 0 Å². The second-order valence-corrected chi connectivity index (χ2v) is 5.54. The van der Waals surface area contributed by atoms with Crippen LogP contribution in [0.5, 0.6) is 0 Å². The maximum atomic E-state index is 9.63. The highest BCUT2D eigenvalue weighted by Crippen LogP contribution is 2.39. The van der Waals surface area contributed by atoms with E-state index in [-0.39, 0.29) is 0 Å². The van der Waals surface area contributed by atoms with E-state index >= 15 is 0 Å². The molecule has 0 radical (unpaired) electrons. The second-order valence-electron chi connectivity index (χ2n) is 5.13. The van der Waals surface area contributed by atoms with Crippen LogP contribution in [0.4, 0.5) is 5.69 Å². The predicted octanol–water partition coefficient (Wildman–Crippen LogP) is 2.88. The number of rotatable bonds is 2. The third-order valence-electron chi connectivity index (χ3n) is 4.16. The Morgan fingerprint density at radius 1 is 1.39 bits per heavy atom. The summed E-state index contributed by atoms with van der Waals surface area (Å²) in [6.07, 6.45) is 3.17. The first-order valence-electron chi connectivity index (χ1n) is 6.43. The summed E-state index contributed by atoms with van der Waals surface area (Å²) < 4.78 is 0. The smallest absolute Gasteiger partial charge is 0.142 e. The molecule has 0 spiro atoms. The molecular weight excluding hydrogens is 246 g/mol. The summed E-state index contributed by atoms with van der Waals surface area (Å²) in [7, 11) is 0. The van der Waals surface area contributed by atoms with E-state index in [0.29, 0.717) is 11.1 Å². The van der Waals surface area contributed by atoms with Crippen LogP contribution < -0.4 is 5.32 Å². The molecule has 2 unspecified atom stereocenters. The van der Waals surface area contributed by atoms with Gasteiger partial charge in [0.1, 0.15) is 5.54 Å². The number of hydrogen-bond donors (Lipinski definition) is 1. The van der Waals surface area contributed by atoms with Gasteiger partial charge in [-0.2, -0.15) is 5.26 Å². The molecule has 1 aromatic rings. The van der Waals surface area contributed by atoms with Gasteiger partial charge in [-0.05, 0) is 37.9 Å². The molecule has 1 aromatic carbocycles. The lowest BCUT2D eigenvalue weighted by Gasteiger charge is -2.30. The largest absolute Gasteiger partial charge is 0.365 e. The summed E-state index contributed by atoms with van der Waals surface area (Å²) in [6.45, 7) is 2.13. The van der Waals surface area contributed by atoms with Gasteiger partial charge in [0.05, 0.1) is 16.8 Å². The highest BCUT2D eigenvalue weighted by atomic mass is 35.5. The molecule has 2 heterocycles. The molecule has 4 heteroatoms. The first-order chi connectivity index (χ1) is 8.75. The molecule has 94 valence electrons. The number of nitrogens with one attached hydrogen (secondary N) is 1. The molecule has 0 bridgehead atoms. The SMILES string of the molecule is N#CC1(Nc2ccccc2Cl)CCN2CCCC21. The van der Waals surface area contributed by atoms with Crippen LogP contribution in [0.15, 0.2) is 24.3 Å². The van der Waals surface area contributed by atoms with Gasteiger partial charge in [-0.25, -0.2) is 0 Å². The van der Waals surface area contributed by atoms with Crippen LogP contribution >= 0.6 is 11.6 Å². The van der Waals surface area contributed by atoms with Crippen LogP contribution in [0.1, 0.15) is 19.3 Å². The zero-order valence-electron chi connectivity index (χ0n) is 10.2. The minimum atomic E-state index is -0.471. The van der Waals surface area contributed by atoms with Crippen molar-refractivity contribution in [2.45, 2.75) is 30.8 Å². The summed E-state index contributed by atoms with van der Waals surface area (Å²) in [5, 5.41) is 13.7. The molecule has 3 rings (SSSR count). The van der Waals surface area contributed by atoms with E-state index in [0.717, 1.165) is 31.6 Å². The Morgan fingerprint density at radius 2 is 2.22 bits per heavy atom. The number of halogens is 1. The summed E-state index contributed by atoms with van der Waals surface area (Å²) in [4.78, 5) is 2.42. The highest BCUT2D eigenvalue weighted by molar-refractivity contribution is 6.33. The molecule has 0 amide bonds.